The molecule has 2 aliphatic rings. The molecular formula is C15H29N3O2. The first-order valence-corrected chi connectivity index (χ1v) is 7.96. The molecule has 0 bridgehead atoms. The first kappa shape index (κ1) is 15.7. The molecule has 5 nitrogen and oxygen atoms in total. The van der Waals surface area contributed by atoms with Gasteiger partial charge in [-0.2, -0.15) is 0 Å². The monoisotopic (exact) mass is 283 g/mol. The molecule has 0 aliphatic carbocycles. The summed E-state index contributed by atoms with van der Waals surface area (Å²) in [6.07, 6.45) is 4.30. The SMILES string of the molecule is CC1CCCNC1C(=O)N(CCO)C1CCN(C)CC1. The van der Waals surface area contributed by atoms with E-state index in [2.05, 4.69) is 24.2 Å². The molecule has 1 amide bonds. The second-order valence-corrected chi connectivity index (χ2v) is 6.34. The van der Waals surface area contributed by atoms with E-state index in [0.717, 1.165) is 45.3 Å². The molecule has 0 saturated carbocycles. The lowest BCUT2D eigenvalue weighted by molar-refractivity contribution is -0.139. The van der Waals surface area contributed by atoms with E-state index in [9.17, 15) is 9.90 Å². The van der Waals surface area contributed by atoms with Crippen molar-refractivity contribution in [3.05, 3.63) is 0 Å². The standard InChI is InChI=1S/C15H29N3O2/c1-12-4-3-7-16-14(12)15(20)18(10-11-19)13-5-8-17(2)9-6-13/h12-14,16,19H,3-11H2,1-2H3. The number of amides is 1. The van der Waals surface area contributed by atoms with Crippen LogP contribution >= 0.6 is 0 Å². The minimum atomic E-state index is -0.0602. The van der Waals surface area contributed by atoms with Crippen molar-refractivity contribution >= 4 is 5.91 Å². The molecule has 2 atom stereocenters. The maximum absolute atomic E-state index is 12.8. The smallest absolute Gasteiger partial charge is 0.240 e. The third-order valence-corrected chi connectivity index (χ3v) is 4.79. The summed E-state index contributed by atoms with van der Waals surface area (Å²) in [5, 5.41) is 12.7. The number of piperidine rings is 2. The van der Waals surface area contributed by atoms with Crippen LogP contribution in [0.4, 0.5) is 0 Å². The zero-order valence-electron chi connectivity index (χ0n) is 12.8. The van der Waals surface area contributed by atoms with Crippen molar-refractivity contribution in [3.63, 3.8) is 0 Å². The number of likely N-dealkylation sites (tertiary alicyclic amines) is 1. The number of carbonyl (C=O) groups excluding carboxylic acids is 1. The Morgan fingerprint density at radius 1 is 1.35 bits per heavy atom. The zero-order valence-corrected chi connectivity index (χ0v) is 12.8. The van der Waals surface area contributed by atoms with Crippen molar-refractivity contribution in [1.82, 2.24) is 15.1 Å². The number of nitrogens with zero attached hydrogens (tertiary/aromatic N) is 2. The molecule has 20 heavy (non-hydrogen) atoms. The molecule has 0 aromatic rings. The van der Waals surface area contributed by atoms with Gasteiger partial charge in [-0.15, -0.1) is 0 Å². The first-order chi connectivity index (χ1) is 9.63. The normalized spacial score (nSPS) is 29.4. The van der Waals surface area contributed by atoms with Crippen LogP contribution in [0.3, 0.4) is 0 Å². The molecule has 0 spiro atoms. The largest absolute Gasteiger partial charge is 0.395 e. The van der Waals surface area contributed by atoms with Crippen molar-refractivity contribution in [2.45, 2.75) is 44.7 Å². The Bertz CT molecular complexity index is 316. The Morgan fingerprint density at radius 3 is 2.65 bits per heavy atom. The van der Waals surface area contributed by atoms with Gasteiger partial charge in [0, 0.05) is 12.6 Å². The van der Waals surface area contributed by atoms with Gasteiger partial charge in [0.25, 0.3) is 0 Å². The second kappa shape index (κ2) is 7.38. The van der Waals surface area contributed by atoms with Gasteiger partial charge in [0.05, 0.1) is 12.6 Å². The zero-order chi connectivity index (χ0) is 14.5. The van der Waals surface area contributed by atoms with Gasteiger partial charge in [-0.3, -0.25) is 4.79 Å². The molecule has 2 saturated heterocycles. The van der Waals surface area contributed by atoms with Crippen molar-refractivity contribution in [2.24, 2.45) is 5.92 Å². The summed E-state index contributed by atoms with van der Waals surface area (Å²) in [5.74, 6) is 0.588. The molecule has 2 aliphatic heterocycles. The number of hydrogen-bond acceptors (Lipinski definition) is 4. The quantitative estimate of drug-likeness (QED) is 0.779. The molecule has 2 N–H and O–H groups in total. The van der Waals surface area contributed by atoms with Gasteiger partial charge < -0.3 is 20.2 Å². The van der Waals surface area contributed by atoms with E-state index in [1.807, 2.05) is 4.90 Å². The molecule has 2 heterocycles. The van der Waals surface area contributed by atoms with E-state index in [1.165, 1.54) is 0 Å². The van der Waals surface area contributed by atoms with Crippen molar-refractivity contribution in [1.29, 1.82) is 0 Å². The molecule has 116 valence electrons. The summed E-state index contributed by atoms with van der Waals surface area (Å²) >= 11 is 0. The predicted octanol–water partition coefficient (Wildman–Crippen LogP) is 0.290. The summed E-state index contributed by atoms with van der Waals surface area (Å²) in [6, 6.07) is 0.233. The highest BCUT2D eigenvalue weighted by molar-refractivity contribution is 5.82. The van der Waals surface area contributed by atoms with Crippen LogP contribution in [-0.4, -0.2) is 72.7 Å². The number of rotatable bonds is 4. The van der Waals surface area contributed by atoms with Gasteiger partial charge in [-0.05, 0) is 58.3 Å². The van der Waals surface area contributed by atoms with Crippen LogP contribution in [0.25, 0.3) is 0 Å². The van der Waals surface area contributed by atoms with Crippen LogP contribution in [0.1, 0.15) is 32.6 Å². The molecule has 2 unspecified atom stereocenters. The summed E-state index contributed by atoms with van der Waals surface area (Å²) < 4.78 is 0. The number of aliphatic hydroxyl groups excluding tert-OH is 1. The fraction of sp³-hybridized carbons (Fsp3) is 0.933. The summed E-state index contributed by atoms with van der Waals surface area (Å²) in [5.41, 5.74) is 0. The minimum absolute atomic E-state index is 0.0547. The van der Waals surface area contributed by atoms with Crippen LogP contribution < -0.4 is 5.32 Å². The average Bonchev–Trinajstić information content (AvgIpc) is 2.46. The van der Waals surface area contributed by atoms with E-state index in [4.69, 9.17) is 0 Å². The Morgan fingerprint density at radius 2 is 2.05 bits per heavy atom. The fourth-order valence-corrected chi connectivity index (χ4v) is 3.45. The first-order valence-electron chi connectivity index (χ1n) is 7.96. The van der Waals surface area contributed by atoms with Gasteiger partial charge in [-0.1, -0.05) is 6.92 Å². The number of carbonyl (C=O) groups is 1. The van der Waals surface area contributed by atoms with E-state index in [0.29, 0.717) is 18.5 Å². The van der Waals surface area contributed by atoms with E-state index >= 15 is 0 Å². The lowest BCUT2D eigenvalue weighted by atomic mass is 9.91. The van der Waals surface area contributed by atoms with Crippen molar-refractivity contribution < 1.29 is 9.90 Å². The van der Waals surface area contributed by atoms with E-state index in [-0.39, 0.29) is 18.6 Å². The highest BCUT2D eigenvalue weighted by Gasteiger charge is 2.34. The van der Waals surface area contributed by atoms with Crippen LogP contribution in [0.15, 0.2) is 0 Å². The third-order valence-electron chi connectivity index (χ3n) is 4.79. The van der Waals surface area contributed by atoms with Gasteiger partial charge >= 0.3 is 0 Å². The van der Waals surface area contributed by atoms with E-state index in [1.54, 1.807) is 0 Å². The van der Waals surface area contributed by atoms with Gasteiger partial charge in [0.1, 0.15) is 0 Å². The van der Waals surface area contributed by atoms with E-state index < -0.39 is 0 Å². The van der Waals surface area contributed by atoms with Crippen LogP contribution in [0.5, 0.6) is 0 Å². The molecule has 0 radical (unpaired) electrons. The van der Waals surface area contributed by atoms with Gasteiger partial charge in [0.15, 0.2) is 0 Å². The van der Waals surface area contributed by atoms with Crippen LogP contribution in [0.2, 0.25) is 0 Å². The van der Waals surface area contributed by atoms with Crippen LogP contribution in [-0.2, 0) is 4.79 Å². The second-order valence-electron chi connectivity index (χ2n) is 6.34. The Hall–Kier alpha value is -0.650. The van der Waals surface area contributed by atoms with Crippen molar-refractivity contribution in [2.75, 3.05) is 39.8 Å². The van der Waals surface area contributed by atoms with Crippen LogP contribution in [0, 0.1) is 5.92 Å². The van der Waals surface area contributed by atoms with Gasteiger partial charge in [-0.25, -0.2) is 0 Å². The van der Waals surface area contributed by atoms with Crippen molar-refractivity contribution in [3.8, 4) is 0 Å². The molecule has 0 aromatic carbocycles. The summed E-state index contributed by atoms with van der Waals surface area (Å²) in [7, 11) is 2.12. The average molecular weight is 283 g/mol. The lowest BCUT2D eigenvalue weighted by Crippen LogP contribution is -2.57. The topological polar surface area (TPSA) is 55.8 Å². The lowest BCUT2D eigenvalue weighted by Gasteiger charge is -2.40. The number of hydrogen-bond donors (Lipinski definition) is 2. The molecular weight excluding hydrogens is 254 g/mol. The Balaban J connectivity index is 2.01. The van der Waals surface area contributed by atoms with Gasteiger partial charge in [0.2, 0.25) is 5.91 Å². The summed E-state index contributed by atoms with van der Waals surface area (Å²) in [6.45, 7) is 5.68. The molecule has 2 fully saturated rings. The maximum atomic E-state index is 12.8. The molecule has 5 heteroatoms. The predicted molar refractivity (Wildman–Crippen MR) is 79.5 cm³/mol. The minimum Gasteiger partial charge on any atom is -0.395 e. The highest BCUT2D eigenvalue weighted by atomic mass is 16.3. The number of nitrogens with one attached hydrogen (secondary N) is 1. The summed E-state index contributed by atoms with van der Waals surface area (Å²) in [4.78, 5) is 17.1. The Kier molecular flexibility index (Phi) is 5.81. The fourth-order valence-electron chi connectivity index (χ4n) is 3.45. The molecule has 2 rings (SSSR count). The Labute approximate surface area is 122 Å². The maximum Gasteiger partial charge on any atom is 0.240 e. The third kappa shape index (κ3) is 3.71. The number of aliphatic hydroxyl groups is 1. The molecule has 0 aromatic heterocycles. The highest BCUT2D eigenvalue weighted by Crippen LogP contribution is 2.21.